The lowest BCUT2D eigenvalue weighted by Crippen LogP contribution is -2.52. The summed E-state index contributed by atoms with van der Waals surface area (Å²) in [7, 11) is 0. The number of carbonyl (C=O) groups excluding carboxylic acids is 1. The van der Waals surface area contributed by atoms with Crippen molar-refractivity contribution < 1.29 is 19.0 Å². The normalized spacial score (nSPS) is 49.4. The fraction of sp³-hybridized carbons (Fsp3) is 0.735. The molecule has 2 aliphatic heterocycles. The van der Waals surface area contributed by atoms with Gasteiger partial charge in [-0.05, 0) is 97.5 Å². The van der Waals surface area contributed by atoms with Gasteiger partial charge in [0.05, 0.1) is 18.3 Å². The van der Waals surface area contributed by atoms with Crippen LogP contribution in [0.15, 0.2) is 42.0 Å². The summed E-state index contributed by atoms with van der Waals surface area (Å²) >= 11 is 0. The van der Waals surface area contributed by atoms with Crippen molar-refractivity contribution in [3.8, 4) is 0 Å². The van der Waals surface area contributed by atoms with Crippen LogP contribution in [-0.2, 0) is 14.2 Å². The summed E-state index contributed by atoms with van der Waals surface area (Å²) in [6.45, 7) is 10.7. The van der Waals surface area contributed by atoms with Crippen LogP contribution >= 0.6 is 0 Å². The van der Waals surface area contributed by atoms with Crippen LogP contribution < -0.4 is 0 Å². The van der Waals surface area contributed by atoms with Crippen LogP contribution in [0.4, 0.5) is 0 Å². The molecule has 0 bridgehead atoms. The second-order valence-corrected chi connectivity index (χ2v) is 14.4. The summed E-state index contributed by atoms with van der Waals surface area (Å²) in [5, 5.41) is 0. The molecule has 0 amide bonds. The van der Waals surface area contributed by atoms with Crippen LogP contribution in [0.1, 0.15) is 95.8 Å². The molecule has 3 saturated carbocycles. The van der Waals surface area contributed by atoms with E-state index >= 15 is 0 Å². The molecule has 11 atom stereocenters. The van der Waals surface area contributed by atoms with Crippen LogP contribution in [0.3, 0.4) is 0 Å². The van der Waals surface area contributed by atoms with E-state index in [1.54, 1.807) is 5.57 Å². The fourth-order valence-corrected chi connectivity index (χ4v) is 10.5. The van der Waals surface area contributed by atoms with E-state index in [2.05, 4.69) is 33.8 Å². The third-order valence-electron chi connectivity index (χ3n) is 12.6. The highest BCUT2D eigenvalue weighted by Gasteiger charge is 2.68. The topological polar surface area (TPSA) is 44.8 Å². The molecule has 2 saturated heterocycles. The maximum absolute atomic E-state index is 12.7. The number of hydrogen-bond donors (Lipinski definition) is 0. The molecule has 5 fully saturated rings. The van der Waals surface area contributed by atoms with Crippen LogP contribution in [0.25, 0.3) is 0 Å². The first kappa shape index (κ1) is 25.3. The van der Waals surface area contributed by atoms with Gasteiger partial charge in [-0.2, -0.15) is 0 Å². The zero-order valence-electron chi connectivity index (χ0n) is 23.8. The Morgan fingerprint density at radius 1 is 1.00 bits per heavy atom. The second-order valence-electron chi connectivity index (χ2n) is 14.4. The number of hydrogen-bond acceptors (Lipinski definition) is 4. The Morgan fingerprint density at radius 3 is 2.58 bits per heavy atom. The summed E-state index contributed by atoms with van der Waals surface area (Å²) in [6, 6.07) is 9.45. The van der Waals surface area contributed by atoms with Gasteiger partial charge in [0.1, 0.15) is 6.10 Å². The van der Waals surface area contributed by atoms with Crippen molar-refractivity contribution in [2.24, 2.45) is 46.3 Å². The predicted molar refractivity (Wildman–Crippen MR) is 147 cm³/mol. The van der Waals surface area contributed by atoms with Gasteiger partial charge in [-0.3, -0.25) is 0 Å². The molecule has 2 heterocycles. The monoisotopic (exact) mass is 518 g/mol. The Morgan fingerprint density at radius 2 is 1.82 bits per heavy atom. The van der Waals surface area contributed by atoms with E-state index in [1.807, 2.05) is 30.3 Å². The molecule has 4 aliphatic carbocycles. The van der Waals surface area contributed by atoms with Crippen molar-refractivity contribution in [3.63, 3.8) is 0 Å². The van der Waals surface area contributed by atoms with E-state index in [9.17, 15) is 4.79 Å². The summed E-state index contributed by atoms with van der Waals surface area (Å²) in [5.74, 6) is 3.46. The minimum Gasteiger partial charge on any atom is -0.458 e. The average molecular weight is 519 g/mol. The summed E-state index contributed by atoms with van der Waals surface area (Å²) < 4.78 is 19.5. The largest absolute Gasteiger partial charge is 0.458 e. The van der Waals surface area contributed by atoms with E-state index in [-0.39, 0.29) is 23.3 Å². The van der Waals surface area contributed by atoms with Gasteiger partial charge < -0.3 is 14.2 Å². The van der Waals surface area contributed by atoms with E-state index in [0.717, 1.165) is 50.0 Å². The molecule has 0 aromatic heterocycles. The summed E-state index contributed by atoms with van der Waals surface area (Å²) in [4.78, 5) is 12.7. The zero-order valence-corrected chi connectivity index (χ0v) is 23.8. The SMILES string of the molecule is C[C@@H]1CC[C@@]2(OC1)O[C@@H]1C[C@@H]3[C@@H]4CC=C5C[C@H](OC(=O)c6ccccc6)CC[C@]5(C)[C@H]4CC[C@]3(C)[C@@H]1[C@@H]2C. The molecule has 1 spiro atoms. The molecule has 1 aromatic carbocycles. The third-order valence-corrected chi connectivity index (χ3v) is 12.6. The highest BCUT2D eigenvalue weighted by molar-refractivity contribution is 5.89. The quantitative estimate of drug-likeness (QED) is 0.299. The number of ether oxygens (including phenoxy) is 3. The number of benzene rings is 1. The van der Waals surface area contributed by atoms with Gasteiger partial charge in [0.2, 0.25) is 0 Å². The Kier molecular flexibility index (Phi) is 5.95. The van der Waals surface area contributed by atoms with Crippen LogP contribution in [0.2, 0.25) is 0 Å². The number of allylic oxidation sites excluding steroid dienone is 1. The molecule has 7 rings (SSSR count). The van der Waals surface area contributed by atoms with Crippen molar-refractivity contribution in [2.45, 2.75) is 103 Å². The van der Waals surface area contributed by atoms with Crippen molar-refractivity contribution in [1.82, 2.24) is 0 Å². The van der Waals surface area contributed by atoms with E-state index in [4.69, 9.17) is 14.2 Å². The van der Waals surface area contributed by atoms with Gasteiger partial charge >= 0.3 is 5.97 Å². The molecule has 4 heteroatoms. The molecule has 1 aromatic rings. The lowest BCUT2D eigenvalue weighted by atomic mass is 9.47. The molecule has 0 radical (unpaired) electrons. The van der Waals surface area contributed by atoms with Crippen molar-refractivity contribution in [1.29, 1.82) is 0 Å². The Bertz CT molecular complexity index is 1100. The lowest BCUT2D eigenvalue weighted by molar-refractivity contribution is -0.272. The van der Waals surface area contributed by atoms with Crippen molar-refractivity contribution >= 4 is 5.97 Å². The second kappa shape index (κ2) is 8.93. The van der Waals surface area contributed by atoms with Crippen molar-refractivity contribution in [2.75, 3.05) is 6.61 Å². The number of fused-ring (bicyclic) bond motifs is 7. The Labute approximate surface area is 228 Å². The zero-order chi connectivity index (χ0) is 26.3. The Balaban J connectivity index is 1.08. The molecule has 4 nitrogen and oxygen atoms in total. The number of esters is 1. The van der Waals surface area contributed by atoms with Crippen LogP contribution in [-0.4, -0.2) is 30.6 Å². The molecule has 206 valence electrons. The molecular weight excluding hydrogens is 472 g/mol. The first-order valence-corrected chi connectivity index (χ1v) is 15.5. The minimum absolute atomic E-state index is 0.00178. The maximum atomic E-state index is 12.7. The smallest absolute Gasteiger partial charge is 0.338 e. The van der Waals surface area contributed by atoms with Crippen molar-refractivity contribution in [3.05, 3.63) is 47.5 Å². The molecule has 38 heavy (non-hydrogen) atoms. The van der Waals surface area contributed by atoms with Crippen LogP contribution in [0.5, 0.6) is 0 Å². The van der Waals surface area contributed by atoms with Crippen LogP contribution in [0, 0.1) is 46.3 Å². The molecular formula is C34H46O4. The maximum Gasteiger partial charge on any atom is 0.338 e. The summed E-state index contributed by atoms with van der Waals surface area (Å²) in [5.41, 5.74) is 2.81. The highest BCUT2D eigenvalue weighted by atomic mass is 16.7. The van der Waals surface area contributed by atoms with E-state index in [0.29, 0.717) is 34.8 Å². The van der Waals surface area contributed by atoms with E-state index in [1.165, 1.54) is 32.1 Å². The van der Waals surface area contributed by atoms with Gasteiger partial charge in [0.15, 0.2) is 5.79 Å². The van der Waals surface area contributed by atoms with Gasteiger partial charge in [-0.15, -0.1) is 0 Å². The predicted octanol–water partition coefficient (Wildman–Crippen LogP) is 7.58. The van der Waals surface area contributed by atoms with Gasteiger partial charge in [0, 0.05) is 18.8 Å². The third kappa shape index (κ3) is 3.65. The Hall–Kier alpha value is -1.65. The summed E-state index contributed by atoms with van der Waals surface area (Å²) in [6.07, 6.45) is 13.3. The standard InChI is InChI=1S/C34H46O4/c1-21-12-17-34(36-20-21)22(2)30-29(38-34)19-28-26-11-10-24-18-25(37-31(35)23-8-6-5-7-9-23)13-15-32(24,3)27(26)14-16-33(28,30)4/h5-10,21-22,25-30H,11-20H2,1-4H3/t21-,22+,25-,26-,27+,28-,29-,30-,32+,33+,34-/m1/s1. The first-order valence-electron chi connectivity index (χ1n) is 15.5. The number of carbonyl (C=O) groups is 1. The minimum atomic E-state index is -0.326. The molecule has 0 N–H and O–H groups in total. The first-order chi connectivity index (χ1) is 18.2. The van der Waals surface area contributed by atoms with Gasteiger partial charge in [-0.1, -0.05) is 57.5 Å². The average Bonchev–Trinajstić information content (AvgIpc) is 3.36. The fourth-order valence-electron chi connectivity index (χ4n) is 10.5. The molecule has 0 unspecified atom stereocenters. The van der Waals surface area contributed by atoms with Gasteiger partial charge in [0.25, 0.3) is 0 Å². The van der Waals surface area contributed by atoms with E-state index < -0.39 is 0 Å². The highest BCUT2D eigenvalue weighted by Crippen LogP contribution is 2.70. The lowest BCUT2D eigenvalue weighted by Gasteiger charge is -2.58. The molecule has 6 aliphatic rings. The number of rotatable bonds is 2. The van der Waals surface area contributed by atoms with Gasteiger partial charge in [-0.25, -0.2) is 4.79 Å².